The molecular weight excluding hydrogens is 352 g/mol. The Morgan fingerprint density at radius 2 is 1.75 bits per heavy atom. The molecule has 0 amide bonds. The number of nitrogens with one attached hydrogen (secondary N) is 1. The number of methoxy groups -OCH3 is 1. The van der Waals surface area contributed by atoms with Crippen LogP contribution < -0.4 is 9.46 Å². The Morgan fingerprint density at radius 3 is 2.25 bits per heavy atom. The molecule has 1 saturated carbocycles. The van der Waals surface area contributed by atoms with Gasteiger partial charge in [0, 0.05) is 19.1 Å². The van der Waals surface area contributed by atoms with Crippen LogP contribution in [0.5, 0.6) is 5.75 Å². The van der Waals surface area contributed by atoms with E-state index in [0.29, 0.717) is 0 Å². The lowest BCUT2D eigenvalue weighted by atomic mass is 10.1. The maximum absolute atomic E-state index is 12.5. The van der Waals surface area contributed by atoms with Crippen molar-refractivity contribution in [1.82, 2.24) is 9.03 Å². The summed E-state index contributed by atoms with van der Waals surface area (Å²) < 4.78 is 57.6. The predicted molar refractivity (Wildman–Crippen MR) is 92.2 cm³/mol. The van der Waals surface area contributed by atoms with Crippen LogP contribution in [0.4, 0.5) is 0 Å². The van der Waals surface area contributed by atoms with E-state index in [1.165, 1.54) is 11.4 Å². The Kier molecular flexibility index (Phi) is 5.58. The van der Waals surface area contributed by atoms with Crippen LogP contribution in [0, 0.1) is 13.8 Å². The molecule has 136 valence electrons. The van der Waals surface area contributed by atoms with Crippen LogP contribution in [0.3, 0.4) is 0 Å². The fourth-order valence-electron chi connectivity index (χ4n) is 2.48. The van der Waals surface area contributed by atoms with Crippen LogP contribution in [-0.2, 0) is 20.0 Å². The fraction of sp³-hybridized carbons (Fsp3) is 0.600. The van der Waals surface area contributed by atoms with Crippen molar-refractivity contribution in [2.75, 3.05) is 26.5 Å². The average molecular weight is 377 g/mol. The molecule has 1 aliphatic rings. The first-order valence-electron chi connectivity index (χ1n) is 7.68. The number of hydrogen-bond donors (Lipinski definition) is 1. The molecule has 0 radical (unpaired) electrons. The van der Waals surface area contributed by atoms with Crippen molar-refractivity contribution in [3.8, 4) is 5.75 Å². The third-order valence-corrected chi connectivity index (χ3v) is 6.89. The third-order valence-electron chi connectivity index (χ3n) is 4.07. The molecule has 9 heteroatoms. The van der Waals surface area contributed by atoms with Gasteiger partial charge in [0.05, 0.1) is 13.4 Å². The standard InChI is InChI=1S/C15H24N2O5S2/c1-11-9-14(22-3)15(10-12(11)2)24(20,21)16-7-8-17(13-5-6-13)23(4,18)19/h9-10,13,16H,5-8H2,1-4H3. The third kappa shape index (κ3) is 4.47. The minimum Gasteiger partial charge on any atom is -0.495 e. The van der Waals surface area contributed by atoms with Crippen molar-refractivity contribution < 1.29 is 21.6 Å². The molecule has 0 heterocycles. The summed E-state index contributed by atoms with van der Waals surface area (Å²) in [5.74, 6) is 0.271. The van der Waals surface area contributed by atoms with Gasteiger partial charge in [-0.05, 0) is 49.9 Å². The van der Waals surface area contributed by atoms with Crippen molar-refractivity contribution >= 4 is 20.0 Å². The van der Waals surface area contributed by atoms with Gasteiger partial charge in [0.1, 0.15) is 10.6 Å². The number of rotatable bonds is 8. The molecule has 0 spiro atoms. The molecule has 0 unspecified atom stereocenters. The molecule has 0 atom stereocenters. The SMILES string of the molecule is COc1cc(C)c(C)cc1S(=O)(=O)NCCN(C1CC1)S(C)(=O)=O. The lowest BCUT2D eigenvalue weighted by molar-refractivity contribution is 0.399. The average Bonchev–Trinajstić information content (AvgIpc) is 3.29. The quantitative estimate of drug-likeness (QED) is 0.731. The normalized spacial score (nSPS) is 15.7. The highest BCUT2D eigenvalue weighted by Gasteiger charge is 2.34. The second kappa shape index (κ2) is 6.99. The van der Waals surface area contributed by atoms with Crippen LogP contribution in [0.15, 0.2) is 17.0 Å². The number of benzene rings is 1. The van der Waals surface area contributed by atoms with E-state index in [4.69, 9.17) is 4.74 Å². The van der Waals surface area contributed by atoms with E-state index in [0.717, 1.165) is 30.2 Å². The first-order valence-corrected chi connectivity index (χ1v) is 11.0. The zero-order valence-electron chi connectivity index (χ0n) is 14.4. The summed E-state index contributed by atoms with van der Waals surface area (Å²) in [6.45, 7) is 3.84. The van der Waals surface area contributed by atoms with Gasteiger partial charge in [-0.3, -0.25) is 0 Å². The van der Waals surface area contributed by atoms with Gasteiger partial charge < -0.3 is 4.74 Å². The monoisotopic (exact) mass is 376 g/mol. The maximum Gasteiger partial charge on any atom is 0.244 e. The van der Waals surface area contributed by atoms with E-state index in [2.05, 4.69) is 4.72 Å². The summed E-state index contributed by atoms with van der Waals surface area (Å²) in [7, 11) is -5.70. The smallest absolute Gasteiger partial charge is 0.244 e. The van der Waals surface area contributed by atoms with E-state index in [9.17, 15) is 16.8 Å². The minimum atomic E-state index is -3.79. The van der Waals surface area contributed by atoms with Crippen molar-refractivity contribution in [2.45, 2.75) is 37.6 Å². The van der Waals surface area contributed by atoms with Crippen LogP contribution in [0.1, 0.15) is 24.0 Å². The number of nitrogens with zero attached hydrogens (tertiary/aromatic N) is 1. The molecule has 1 aliphatic carbocycles. The number of ether oxygens (including phenoxy) is 1. The molecule has 24 heavy (non-hydrogen) atoms. The summed E-state index contributed by atoms with van der Waals surface area (Å²) in [5.41, 5.74) is 1.77. The zero-order valence-corrected chi connectivity index (χ0v) is 16.0. The molecule has 1 aromatic carbocycles. The topological polar surface area (TPSA) is 92.8 Å². The van der Waals surface area contributed by atoms with Crippen molar-refractivity contribution in [3.63, 3.8) is 0 Å². The van der Waals surface area contributed by atoms with Gasteiger partial charge in [-0.25, -0.2) is 21.6 Å². The highest BCUT2D eigenvalue weighted by atomic mass is 32.2. The summed E-state index contributed by atoms with van der Waals surface area (Å²) in [5, 5.41) is 0. The molecule has 0 saturated heterocycles. The van der Waals surface area contributed by atoms with Crippen LogP contribution in [0.2, 0.25) is 0 Å². The fourth-order valence-corrected chi connectivity index (χ4v) is 4.91. The first-order chi connectivity index (χ1) is 11.1. The summed E-state index contributed by atoms with van der Waals surface area (Å²) in [6.07, 6.45) is 2.79. The van der Waals surface area contributed by atoms with Gasteiger partial charge in [-0.15, -0.1) is 0 Å². The molecule has 1 N–H and O–H groups in total. The Balaban J connectivity index is 2.13. The van der Waals surface area contributed by atoms with E-state index >= 15 is 0 Å². The largest absolute Gasteiger partial charge is 0.495 e. The number of sulfonamides is 2. The summed E-state index contributed by atoms with van der Waals surface area (Å²) in [6, 6.07) is 3.24. The van der Waals surface area contributed by atoms with Crippen molar-refractivity contribution in [3.05, 3.63) is 23.3 Å². The van der Waals surface area contributed by atoms with E-state index in [1.54, 1.807) is 12.1 Å². The van der Waals surface area contributed by atoms with Crippen molar-refractivity contribution in [1.29, 1.82) is 0 Å². The second-order valence-electron chi connectivity index (χ2n) is 6.09. The molecule has 2 rings (SSSR count). The lowest BCUT2D eigenvalue weighted by Gasteiger charge is -2.20. The number of aryl methyl sites for hydroxylation is 2. The van der Waals surface area contributed by atoms with E-state index in [1.807, 2.05) is 13.8 Å². The highest BCUT2D eigenvalue weighted by Crippen LogP contribution is 2.29. The first kappa shape index (κ1) is 19.2. The maximum atomic E-state index is 12.5. The van der Waals surface area contributed by atoms with Gasteiger partial charge in [0.2, 0.25) is 20.0 Å². The lowest BCUT2D eigenvalue weighted by Crippen LogP contribution is -2.39. The molecule has 0 aromatic heterocycles. The van der Waals surface area contributed by atoms with E-state index in [-0.39, 0.29) is 29.8 Å². The molecular formula is C15H24N2O5S2. The molecule has 1 fully saturated rings. The van der Waals surface area contributed by atoms with Crippen LogP contribution in [-0.4, -0.2) is 53.6 Å². The summed E-state index contributed by atoms with van der Waals surface area (Å²) >= 11 is 0. The van der Waals surface area contributed by atoms with Gasteiger partial charge in [-0.1, -0.05) is 0 Å². The van der Waals surface area contributed by atoms with Crippen LogP contribution >= 0.6 is 0 Å². The predicted octanol–water partition coefficient (Wildman–Crippen LogP) is 1.01. The Labute approximate surface area is 144 Å². The van der Waals surface area contributed by atoms with Gasteiger partial charge in [-0.2, -0.15) is 4.31 Å². The minimum absolute atomic E-state index is 0.000611. The van der Waals surface area contributed by atoms with Gasteiger partial charge >= 0.3 is 0 Å². The van der Waals surface area contributed by atoms with Crippen LogP contribution in [0.25, 0.3) is 0 Å². The number of hydrogen-bond acceptors (Lipinski definition) is 5. The Morgan fingerprint density at radius 1 is 1.17 bits per heavy atom. The van der Waals surface area contributed by atoms with Gasteiger partial charge in [0.15, 0.2) is 0 Å². The van der Waals surface area contributed by atoms with Gasteiger partial charge in [0.25, 0.3) is 0 Å². The van der Waals surface area contributed by atoms with Crippen molar-refractivity contribution in [2.24, 2.45) is 0 Å². The molecule has 1 aromatic rings. The van der Waals surface area contributed by atoms with E-state index < -0.39 is 20.0 Å². The Bertz CT molecular complexity index is 815. The summed E-state index contributed by atoms with van der Waals surface area (Å²) in [4.78, 5) is 0.0606. The molecule has 0 aliphatic heterocycles. The highest BCUT2D eigenvalue weighted by molar-refractivity contribution is 7.89. The Hall–Kier alpha value is -1.16. The zero-order chi connectivity index (χ0) is 18.1. The molecule has 0 bridgehead atoms. The second-order valence-corrected chi connectivity index (χ2v) is 9.76. The molecule has 7 nitrogen and oxygen atoms in total.